The molecule has 2 heterocycles. The fourth-order valence-corrected chi connectivity index (χ4v) is 4.15. The van der Waals surface area contributed by atoms with Gasteiger partial charge in [0.15, 0.2) is 5.16 Å². The van der Waals surface area contributed by atoms with Crippen LogP contribution >= 0.6 is 23.1 Å². The second-order valence-corrected chi connectivity index (χ2v) is 7.76. The molecule has 1 aromatic carbocycles. The topological polar surface area (TPSA) is 112 Å². The van der Waals surface area contributed by atoms with E-state index in [4.69, 9.17) is 5.73 Å². The molecule has 10 heteroatoms. The monoisotopic (exact) mass is 403 g/mol. The van der Waals surface area contributed by atoms with Gasteiger partial charge in [-0.25, -0.2) is 0 Å². The fourth-order valence-electron chi connectivity index (χ4n) is 2.52. The van der Waals surface area contributed by atoms with Crippen molar-refractivity contribution in [3.05, 3.63) is 40.9 Å². The molecule has 0 radical (unpaired) electrons. The Morgan fingerprint density at radius 2 is 2.00 bits per heavy atom. The van der Waals surface area contributed by atoms with Crippen molar-refractivity contribution < 1.29 is 4.79 Å². The van der Waals surface area contributed by atoms with Crippen molar-refractivity contribution in [3.8, 4) is 0 Å². The predicted octanol–water partition coefficient (Wildman–Crippen LogP) is 3.16. The van der Waals surface area contributed by atoms with Crippen molar-refractivity contribution in [2.75, 3.05) is 11.1 Å². The molecule has 0 saturated carbocycles. The van der Waals surface area contributed by atoms with Gasteiger partial charge in [-0.1, -0.05) is 67.3 Å². The Labute approximate surface area is 165 Å². The molecule has 3 N–H and O–H groups in total. The molecule has 142 valence electrons. The summed E-state index contributed by atoms with van der Waals surface area (Å²) < 4.78 is 1.69. The third kappa shape index (κ3) is 4.64. The molecule has 2 aromatic heterocycles. The van der Waals surface area contributed by atoms with Gasteiger partial charge >= 0.3 is 0 Å². The van der Waals surface area contributed by atoms with Gasteiger partial charge in [-0.15, -0.1) is 20.4 Å². The third-order valence-electron chi connectivity index (χ3n) is 3.90. The highest BCUT2D eigenvalue weighted by molar-refractivity contribution is 7.98. The summed E-state index contributed by atoms with van der Waals surface area (Å²) >= 11 is 2.87. The van der Waals surface area contributed by atoms with Gasteiger partial charge in [0, 0.05) is 5.75 Å². The number of hydrogen-bond donors (Lipinski definition) is 2. The Kier molecular flexibility index (Phi) is 6.40. The molecule has 27 heavy (non-hydrogen) atoms. The van der Waals surface area contributed by atoms with E-state index in [2.05, 4.69) is 25.7 Å². The van der Waals surface area contributed by atoms with Crippen LogP contribution in [0.2, 0.25) is 0 Å². The van der Waals surface area contributed by atoms with Crippen molar-refractivity contribution in [1.29, 1.82) is 0 Å². The molecular formula is C17H21N7OS2. The molecule has 3 rings (SSSR count). The van der Waals surface area contributed by atoms with Crippen molar-refractivity contribution in [2.45, 2.75) is 43.6 Å². The van der Waals surface area contributed by atoms with Gasteiger partial charge in [0.2, 0.25) is 17.0 Å². The Hall–Kier alpha value is -2.46. The Balaban J connectivity index is 1.76. The molecule has 0 aliphatic rings. The Morgan fingerprint density at radius 3 is 2.67 bits per heavy atom. The number of nitrogens with zero attached hydrogens (tertiary/aromatic N) is 5. The number of nitrogens with two attached hydrogens (primary N) is 1. The van der Waals surface area contributed by atoms with E-state index in [1.807, 2.05) is 44.2 Å². The number of amides is 1. The summed E-state index contributed by atoms with van der Waals surface area (Å²) in [7, 11) is 0. The van der Waals surface area contributed by atoms with Crippen molar-refractivity contribution >= 4 is 40.1 Å². The summed E-state index contributed by atoms with van der Waals surface area (Å²) in [4.78, 5) is 12.8. The van der Waals surface area contributed by atoms with Crippen LogP contribution in [0.25, 0.3) is 0 Å². The molecule has 3 aromatic rings. The molecular weight excluding hydrogens is 382 g/mol. The van der Waals surface area contributed by atoms with E-state index in [0.717, 1.165) is 17.0 Å². The molecule has 1 amide bonds. The minimum absolute atomic E-state index is 0.204. The largest absolute Gasteiger partial charge is 0.368 e. The van der Waals surface area contributed by atoms with Crippen LogP contribution in [0.5, 0.6) is 0 Å². The number of aromatic nitrogens is 5. The lowest BCUT2D eigenvalue weighted by molar-refractivity contribution is -0.119. The number of anilines is 2. The van der Waals surface area contributed by atoms with Gasteiger partial charge in [-0.2, -0.15) is 0 Å². The predicted molar refractivity (Wildman–Crippen MR) is 108 cm³/mol. The van der Waals surface area contributed by atoms with Gasteiger partial charge in [-0.3, -0.25) is 14.7 Å². The van der Waals surface area contributed by atoms with Crippen LogP contribution in [-0.4, -0.2) is 30.9 Å². The van der Waals surface area contributed by atoms with E-state index >= 15 is 0 Å². The van der Waals surface area contributed by atoms with Crippen LogP contribution in [0, 0.1) is 0 Å². The highest BCUT2D eigenvalue weighted by Gasteiger charge is 2.25. The van der Waals surface area contributed by atoms with E-state index in [1.165, 1.54) is 23.1 Å². The van der Waals surface area contributed by atoms with E-state index in [0.29, 0.717) is 22.5 Å². The molecule has 0 aliphatic heterocycles. The highest BCUT2D eigenvalue weighted by Crippen LogP contribution is 2.28. The number of aryl methyl sites for hydroxylation is 1. The lowest BCUT2D eigenvalue weighted by atomic mass is 10.2. The number of nitrogens with one attached hydrogen (secondary N) is 1. The first-order valence-corrected chi connectivity index (χ1v) is 10.4. The fraction of sp³-hybridized carbons (Fsp3) is 0.353. The minimum Gasteiger partial charge on any atom is -0.368 e. The summed E-state index contributed by atoms with van der Waals surface area (Å²) in [6, 6.07) is 9.52. The number of carbonyl (C=O) groups excluding carboxylic acids is 1. The van der Waals surface area contributed by atoms with Gasteiger partial charge in [0.05, 0.1) is 0 Å². The van der Waals surface area contributed by atoms with Crippen molar-refractivity contribution in [3.63, 3.8) is 0 Å². The van der Waals surface area contributed by atoms with Crippen LogP contribution in [0.1, 0.15) is 36.9 Å². The standard InChI is InChI=1S/C17H21N7OS2/c1-3-12(14(25)19-16-22-20-13(4-2)27-16)24-15(18)21-23-17(24)26-10-11-8-6-5-7-9-11/h5-9,12H,3-4,10H2,1-2H3,(H2,18,21)(H,19,22,25). The zero-order chi connectivity index (χ0) is 19.2. The van der Waals surface area contributed by atoms with E-state index in [9.17, 15) is 4.79 Å². The maximum Gasteiger partial charge on any atom is 0.249 e. The molecule has 0 spiro atoms. The average molecular weight is 404 g/mol. The average Bonchev–Trinajstić information content (AvgIpc) is 3.29. The summed E-state index contributed by atoms with van der Waals surface area (Å²) in [5, 5.41) is 21.0. The van der Waals surface area contributed by atoms with E-state index < -0.39 is 6.04 Å². The number of nitrogen functional groups attached to an aromatic ring is 1. The van der Waals surface area contributed by atoms with Crippen LogP contribution in [0.3, 0.4) is 0 Å². The zero-order valence-corrected chi connectivity index (χ0v) is 16.8. The number of carbonyl (C=O) groups is 1. The third-order valence-corrected chi connectivity index (χ3v) is 5.90. The molecule has 8 nitrogen and oxygen atoms in total. The second kappa shape index (κ2) is 8.96. The molecule has 0 bridgehead atoms. The molecule has 1 atom stereocenters. The van der Waals surface area contributed by atoms with Crippen LogP contribution in [0.4, 0.5) is 11.1 Å². The zero-order valence-electron chi connectivity index (χ0n) is 15.1. The van der Waals surface area contributed by atoms with Gasteiger partial charge in [0.25, 0.3) is 0 Å². The SMILES string of the molecule is CCc1nnc(NC(=O)C(CC)n2c(N)nnc2SCc2ccccc2)s1. The lowest BCUT2D eigenvalue weighted by Gasteiger charge is -2.18. The quantitative estimate of drug-likeness (QED) is 0.556. The smallest absolute Gasteiger partial charge is 0.249 e. The first kappa shape index (κ1) is 19.3. The minimum atomic E-state index is -0.521. The highest BCUT2D eigenvalue weighted by atomic mass is 32.2. The van der Waals surface area contributed by atoms with Crippen LogP contribution < -0.4 is 11.1 Å². The molecule has 1 unspecified atom stereocenters. The van der Waals surface area contributed by atoms with Gasteiger partial charge < -0.3 is 5.73 Å². The number of benzene rings is 1. The van der Waals surface area contributed by atoms with Gasteiger partial charge in [-0.05, 0) is 18.4 Å². The summed E-state index contributed by atoms with van der Waals surface area (Å²) in [5.74, 6) is 0.733. The molecule has 0 aliphatic carbocycles. The second-order valence-electron chi connectivity index (χ2n) is 5.75. The Morgan fingerprint density at radius 1 is 1.22 bits per heavy atom. The maximum absolute atomic E-state index is 12.8. The first-order valence-electron chi connectivity index (χ1n) is 8.62. The van der Waals surface area contributed by atoms with Crippen LogP contribution in [0.15, 0.2) is 35.5 Å². The first-order chi connectivity index (χ1) is 13.1. The van der Waals surface area contributed by atoms with Gasteiger partial charge in [0.1, 0.15) is 11.0 Å². The molecule has 0 saturated heterocycles. The summed E-state index contributed by atoms with van der Waals surface area (Å²) in [6.07, 6.45) is 1.33. The van der Waals surface area contributed by atoms with Crippen molar-refractivity contribution in [1.82, 2.24) is 25.0 Å². The number of hydrogen-bond acceptors (Lipinski definition) is 8. The van der Waals surface area contributed by atoms with E-state index in [1.54, 1.807) is 4.57 Å². The van der Waals surface area contributed by atoms with Crippen LogP contribution in [-0.2, 0) is 17.0 Å². The van der Waals surface area contributed by atoms with E-state index in [-0.39, 0.29) is 11.9 Å². The number of thioether (sulfide) groups is 1. The Bertz CT molecular complexity index is 894. The normalized spacial score (nSPS) is 12.1. The lowest BCUT2D eigenvalue weighted by Crippen LogP contribution is -2.27. The maximum atomic E-state index is 12.8. The van der Waals surface area contributed by atoms with Crippen molar-refractivity contribution in [2.24, 2.45) is 0 Å². The molecule has 0 fully saturated rings. The summed E-state index contributed by atoms with van der Waals surface area (Å²) in [5.41, 5.74) is 7.18. The summed E-state index contributed by atoms with van der Waals surface area (Å²) in [6.45, 7) is 3.92. The number of rotatable bonds is 8.